The number of amides is 1. The first-order valence-electron chi connectivity index (χ1n) is 5.52. The number of pyridine rings is 1. The maximum absolute atomic E-state index is 12.3. The summed E-state index contributed by atoms with van der Waals surface area (Å²) in [5, 5.41) is 0.391. The zero-order valence-corrected chi connectivity index (χ0v) is 10.7. The Bertz CT molecular complexity index is 417. The fraction of sp³-hybridized carbons (Fsp3) is 0.500. The van der Waals surface area contributed by atoms with Gasteiger partial charge in [0.05, 0.1) is 24.3 Å². The molecule has 5 heteroatoms. The lowest BCUT2D eigenvalue weighted by molar-refractivity contribution is -0.0370. The highest BCUT2D eigenvalue weighted by atomic mass is 35.5. The van der Waals surface area contributed by atoms with Crippen LogP contribution in [0.15, 0.2) is 18.3 Å². The molecule has 1 aromatic heterocycles. The third-order valence-corrected chi connectivity index (χ3v) is 3.09. The van der Waals surface area contributed by atoms with Gasteiger partial charge in [0.15, 0.2) is 0 Å². The molecule has 1 saturated heterocycles. The highest BCUT2D eigenvalue weighted by Crippen LogP contribution is 2.21. The maximum atomic E-state index is 12.3. The predicted octanol–water partition coefficient (Wildman–Crippen LogP) is 1.99. The molecule has 1 amide bonds. The second kappa shape index (κ2) is 4.63. The van der Waals surface area contributed by atoms with Gasteiger partial charge in [-0.25, -0.2) is 4.98 Å². The number of carbonyl (C=O) groups excluding carboxylic acids is 1. The monoisotopic (exact) mass is 254 g/mol. The van der Waals surface area contributed by atoms with Gasteiger partial charge in [0, 0.05) is 12.7 Å². The molecule has 0 aliphatic carbocycles. The lowest BCUT2D eigenvalue weighted by atomic mass is 10.0. The molecule has 0 aromatic carbocycles. The van der Waals surface area contributed by atoms with E-state index >= 15 is 0 Å². The minimum absolute atomic E-state index is 0.0255. The molecule has 4 nitrogen and oxygen atoms in total. The van der Waals surface area contributed by atoms with Gasteiger partial charge in [-0.2, -0.15) is 0 Å². The van der Waals surface area contributed by atoms with E-state index in [1.54, 1.807) is 12.1 Å². The van der Waals surface area contributed by atoms with E-state index < -0.39 is 0 Å². The van der Waals surface area contributed by atoms with E-state index in [9.17, 15) is 4.79 Å². The summed E-state index contributed by atoms with van der Waals surface area (Å²) >= 11 is 5.70. The van der Waals surface area contributed by atoms with Crippen LogP contribution in [0.4, 0.5) is 0 Å². The van der Waals surface area contributed by atoms with Gasteiger partial charge < -0.3 is 9.64 Å². The summed E-state index contributed by atoms with van der Waals surface area (Å²) in [5.74, 6) is -0.0255. The standard InChI is InChI=1S/C12H15ClN2O2/c1-12(2)8-17-6-5-15(12)11(16)9-3-4-10(13)14-7-9/h3-4,7H,5-6,8H2,1-2H3. The van der Waals surface area contributed by atoms with Crippen molar-refractivity contribution in [2.45, 2.75) is 19.4 Å². The van der Waals surface area contributed by atoms with Gasteiger partial charge in [0.1, 0.15) is 5.15 Å². The Hall–Kier alpha value is -1.13. The van der Waals surface area contributed by atoms with Gasteiger partial charge in [-0.15, -0.1) is 0 Å². The first-order valence-corrected chi connectivity index (χ1v) is 5.90. The van der Waals surface area contributed by atoms with Crippen LogP contribution in [-0.2, 0) is 4.74 Å². The average molecular weight is 255 g/mol. The molecule has 92 valence electrons. The number of morpholine rings is 1. The lowest BCUT2D eigenvalue weighted by Crippen LogP contribution is -2.55. The number of rotatable bonds is 1. The number of halogens is 1. The molecule has 2 heterocycles. The smallest absolute Gasteiger partial charge is 0.256 e. The van der Waals surface area contributed by atoms with Gasteiger partial charge in [0.25, 0.3) is 5.91 Å². The molecule has 0 radical (unpaired) electrons. The number of hydrogen-bond acceptors (Lipinski definition) is 3. The Morgan fingerprint density at radius 3 is 2.88 bits per heavy atom. The predicted molar refractivity (Wildman–Crippen MR) is 65.2 cm³/mol. The quantitative estimate of drug-likeness (QED) is 0.720. The van der Waals surface area contributed by atoms with Gasteiger partial charge in [0.2, 0.25) is 0 Å². The van der Waals surface area contributed by atoms with Crippen LogP contribution in [0.2, 0.25) is 5.15 Å². The van der Waals surface area contributed by atoms with Crippen molar-refractivity contribution in [3.63, 3.8) is 0 Å². The summed E-state index contributed by atoms with van der Waals surface area (Å²) in [6.07, 6.45) is 1.51. The molecular weight excluding hydrogens is 240 g/mol. The fourth-order valence-electron chi connectivity index (χ4n) is 1.89. The van der Waals surface area contributed by atoms with Crippen molar-refractivity contribution in [2.75, 3.05) is 19.8 Å². The highest BCUT2D eigenvalue weighted by molar-refractivity contribution is 6.29. The van der Waals surface area contributed by atoms with Crippen LogP contribution in [-0.4, -0.2) is 41.1 Å². The summed E-state index contributed by atoms with van der Waals surface area (Å²) in [7, 11) is 0. The number of carbonyl (C=O) groups is 1. The molecule has 0 unspecified atom stereocenters. The van der Waals surface area contributed by atoms with E-state index in [1.165, 1.54) is 6.20 Å². The molecule has 0 spiro atoms. The molecule has 0 atom stereocenters. The van der Waals surface area contributed by atoms with Crippen LogP contribution in [0, 0.1) is 0 Å². The molecule has 0 bridgehead atoms. The lowest BCUT2D eigenvalue weighted by Gasteiger charge is -2.42. The summed E-state index contributed by atoms with van der Waals surface area (Å²) in [5.41, 5.74) is 0.277. The maximum Gasteiger partial charge on any atom is 0.256 e. The Balaban J connectivity index is 2.21. The van der Waals surface area contributed by atoms with Crippen molar-refractivity contribution < 1.29 is 9.53 Å². The molecule has 0 saturated carbocycles. The van der Waals surface area contributed by atoms with E-state index in [0.717, 1.165) is 0 Å². The summed E-state index contributed by atoms with van der Waals surface area (Å²) in [6.45, 7) is 5.73. The molecule has 1 aliphatic heterocycles. The van der Waals surface area contributed by atoms with Crippen LogP contribution in [0.25, 0.3) is 0 Å². The third kappa shape index (κ3) is 2.58. The SMILES string of the molecule is CC1(C)COCCN1C(=O)c1ccc(Cl)nc1. The van der Waals surface area contributed by atoms with Gasteiger partial charge >= 0.3 is 0 Å². The van der Waals surface area contributed by atoms with Crippen LogP contribution in [0.1, 0.15) is 24.2 Å². The van der Waals surface area contributed by atoms with E-state index in [-0.39, 0.29) is 11.4 Å². The Kier molecular flexibility index (Phi) is 3.35. The molecule has 2 rings (SSSR count). The van der Waals surface area contributed by atoms with E-state index in [2.05, 4.69) is 4.98 Å². The largest absolute Gasteiger partial charge is 0.377 e. The molecule has 17 heavy (non-hydrogen) atoms. The number of nitrogens with zero attached hydrogens (tertiary/aromatic N) is 2. The Morgan fingerprint density at radius 1 is 1.53 bits per heavy atom. The first kappa shape index (κ1) is 12.3. The van der Waals surface area contributed by atoms with Gasteiger partial charge in [-0.3, -0.25) is 4.79 Å². The van der Waals surface area contributed by atoms with Crippen LogP contribution < -0.4 is 0 Å². The molecule has 0 N–H and O–H groups in total. The molecular formula is C12H15ClN2O2. The molecule has 1 aliphatic rings. The van der Waals surface area contributed by atoms with E-state index in [4.69, 9.17) is 16.3 Å². The Morgan fingerprint density at radius 2 is 2.29 bits per heavy atom. The van der Waals surface area contributed by atoms with Gasteiger partial charge in [-0.05, 0) is 26.0 Å². The minimum Gasteiger partial charge on any atom is -0.377 e. The van der Waals surface area contributed by atoms with Crippen LogP contribution in [0.3, 0.4) is 0 Å². The van der Waals surface area contributed by atoms with Crippen LogP contribution in [0.5, 0.6) is 0 Å². The number of aromatic nitrogens is 1. The topological polar surface area (TPSA) is 42.4 Å². The average Bonchev–Trinajstić information content (AvgIpc) is 2.28. The van der Waals surface area contributed by atoms with E-state index in [0.29, 0.717) is 30.5 Å². The highest BCUT2D eigenvalue weighted by Gasteiger charge is 2.34. The number of ether oxygens (including phenoxy) is 1. The van der Waals surface area contributed by atoms with Crippen LogP contribution >= 0.6 is 11.6 Å². The molecule has 1 aromatic rings. The van der Waals surface area contributed by atoms with Crippen molar-refractivity contribution in [3.05, 3.63) is 29.0 Å². The second-order valence-corrected chi connectivity index (χ2v) is 5.08. The van der Waals surface area contributed by atoms with Crippen molar-refractivity contribution in [1.29, 1.82) is 0 Å². The molecule has 1 fully saturated rings. The number of hydrogen-bond donors (Lipinski definition) is 0. The minimum atomic E-state index is -0.283. The van der Waals surface area contributed by atoms with Crippen molar-refractivity contribution >= 4 is 17.5 Å². The van der Waals surface area contributed by atoms with Gasteiger partial charge in [-0.1, -0.05) is 11.6 Å². The normalized spacial score (nSPS) is 19.1. The van der Waals surface area contributed by atoms with Crippen molar-refractivity contribution in [1.82, 2.24) is 9.88 Å². The zero-order chi connectivity index (χ0) is 12.5. The second-order valence-electron chi connectivity index (χ2n) is 4.69. The zero-order valence-electron chi connectivity index (χ0n) is 9.94. The van der Waals surface area contributed by atoms with E-state index in [1.807, 2.05) is 18.7 Å². The third-order valence-electron chi connectivity index (χ3n) is 2.86. The first-order chi connectivity index (χ1) is 8.00. The Labute approximate surface area is 106 Å². The summed E-state index contributed by atoms with van der Waals surface area (Å²) < 4.78 is 5.39. The fourth-order valence-corrected chi connectivity index (χ4v) is 2.00. The summed E-state index contributed by atoms with van der Waals surface area (Å²) in [6, 6.07) is 3.32. The summed E-state index contributed by atoms with van der Waals surface area (Å²) in [4.78, 5) is 18.1. The van der Waals surface area contributed by atoms with Crippen molar-refractivity contribution in [3.8, 4) is 0 Å². The van der Waals surface area contributed by atoms with Crippen molar-refractivity contribution in [2.24, 2.45) is 0 Å².